The molecule has 3 N–H and O–H groups in total. The Morgan fingerprint density at radius 1 is 1.23 bits per heavy atom. The van der Waals surface area contributed by atoms with Crippen molar-refractivity contribution in [1.29, 1.82) is 0 Å². The fourth-order valence-corrected chi connectivity index (χ4v) is 3.33. The normalized spacial score (nSPS) is 17.0. The van der Waals surface area contributed by atoms with Crippen molar-refractivity contribution in [2.24, 2.45) is 4.99 Å². The third-order valence-corrected chi connectivity index (χ3v) is 4.93. The number of nitrogens with one attached hydrogen (secondary N) is 3. The van der Waals surface area contributed by atoms with Gasteiger partial charge in [0.05, 0.1) is 0 Å². The first-order valence-corrected chi connectivity index (χ1v) is 9.73. The molecule has 1 aromatic rings. The van der Waals surface area contributed by atoms with Crippen LogP contribution in [0.25, 0.3) is 0 Å². The molecule has 1 amide bonds. The SMILES string of the molecule is CCN(CC)CCCCNC(=NC)NCC1CC(=O)Nc2ccccc21. The van der Waals surface area contributed by atoms with Crippen LogP contribution in [0.2, 0.25) is 0 Å². The second-order valence-electron chi connectivity index (χ2n) is 6.65. The number of anilines is 1. The number of amides is 1. The van der Waals surface area contributed by atoms with E-state index in [0.29, 0.717) is 13.0 Å². The monoisotopic (exact) mass is 359 g/mol. The predicted octanol–water partition coefficient (Wildman–Crippen LogP) is 2.40. The summed E-state index contributed by atoms with van der Waals surface area (Å²) in [6, 6.07) is 8.02. The molecule has 6 heteroatoms. The fourth-order valence-electron chi connectivity index (χ4n) is 3.33. The molecule has 0 bridgehead atoms. The van der Waals surface area contributed by atoms with E-state index >= 15 is 0 Å². The quantitative estimate of drug-likeness (QED) is 0.360. The second-order valence-corrected chi connectivity index (χ2v) is 6.65. The van der Waals surface area contributed by atoms with Crippen LogP contribution in [0.15, 0.2) is 29.3 Å². The van der Waals surface area contributed by atoms with Gasteiger partial charge < -0.3 is 20.9 Å². The first kappa shape index (κ1) is 20.2. The summed E-state index contributed by atoms with van der Waals surface area (Å²) in [4.78, 5) is 18.6. The zero-order valence-corrected chi connectivity index (χ0v) is 16.3. The zero-order valence-electron chi connectivity index (χ0n) is 16.3. The zero-order chi connectivity index (χ0) is 18.8. The summed E-state index contributed by atoms with van der Waals surface area (Å²) in [7, 11) is 1.78. The van der Waals surface area contributed by atoms with E-state index in [4.69, 9.17) is 0 Å². The third kappa shape index (κ3) is 6.02. The van der Waals surface area contributed by atoms with Gasteiger partial charge in [-0.15, -0.1) is 0 Å². The summed E-state index contributed by atoms with van der Waals surface area (Å²) >= 11 is 0. The van der Waals surface area contributed by atoms with Crippen molar-refractivity contribution in [3.05, 3.63) is 29.8 Å². The predicted molar refractivity (Wildman–Crippen MR) is 109 cm³/mol. The Morgan fingerprint density at radius 3 is 2.73 bits per heavy atom. The number of rotatable bonds is 9. The summed E-state index contributed by atoms with van der Waals surface area (Å²) in [6.45, 7) is 9.39. The van der Waals surface area contributed by atoms with Gasteiger partial charge in [0.1, 0.15) is 0 Å². The van der Waals surface area contributed by atoms with Crippen LogP contribution in [-0.2, 0) is 4.79 Å². The van der Waals surface area contributed by atoms with Gasteiger partial charge in [-0.05, 0) is 44.1 Å². The van der Waals surface area contributed by atoms with E-state index in [0.717, 1.165) is 44.2 Å². The summed E-state index contributed by atoms with van der Waals surface area (Å²) < 4.78 is 0. The topological polar surface area (TPSA) is 68.8 Å². The van der Waals surface area contributed by atoms with Crippen LogP contribution in [-0.4, -0.2) is 56.5 Å². The Kier molecular flexibility index (Phi) is 8.41. The molecule has 0 spiro atoms. The number of hydrogen-bond donors (Lipinski definition) is 3. The fraction of sp³-hybridized carbons (Fsp3) is 0.600. The van der Waals surface area contributed by atoms with Gasteiger partial charge in [-0.2, -0.15) is 0 Å². The second kappa shape index (κ2) is 10.8. The molecule has 0 radical (unpaired) electrons. The van der Waals surface area contributed by atoms with Gasteiger partial charge in [0, 0.05) is 38.2 Å². The number of unbranched alkanes of at least 4 members (excludes halogenated alkanes) is 1. The number of carbonyl (C=O) groups excluding carboxylic acids is 1. The number of carbonyl (C=O) groups is 1. The Hall–Kier alpha value is -2.08. The van der Waals surface area contributed by atoms with Crippen LogP contribution in [0.3, 0.4) is 0 Å². The highest BCUT2D eigenvalue weighted by molar-refractivity contribution is 5.94. The molecule has 1 heterocycles. The lowest BCUT2D eigenvalue weighted by Crippen LogP contribution is -2.41. The summed E-state index contributed by atoms with van der Waals surface area (Å²) in [5.74, 6) is 1.05. The van der Waals surface area contributed by atoms with Gasteiger partial charge in [0.15, 0.2) is 5.96 Å². The van der Waals surface area contributed by atoms with Crippen molar-refractivity contribution in [2.45, 2.75) is 39.0 Å². The van der Waals surface area contributed by atoms with Gasteiger partial charge in [0.25, 0.3) is 0 Å². The highest BCUT2D eigenvalue weighted by Gasteiger charge is 2.24. The van der Waals surface area contributed by atoms with Gasteiger partial charge in [-0.25, -0.2) is 0 Å². The summed E-state index contributed by atoms with van der Waals surface area (Å²) in [6.07, 6.45) is 2.80. The average Bonchev–Trinajstić information content (AvgIpc) is 2.66. The van der Waals surface area contributed by atoms with Gasteiger partial charge in [-0.3, -0.25) is 9.79 Å². The van der Waals surface area contributed by atoms with Gasteiger partial charge in [-0.1, -0.05) is 32.0 Å². The maximum atomic E-state index is 11.9. The lowest BCUT2D eigenvalue weighted by molar-refractivity contribution is -0.116. The molecule has 2 rings (SSSR count). The number of fused-ring (bicyclic) bond motifs is 1. The van der Waals surface area contributed by atoms with Crippen LogP contribution in [0.5, 0.6) is 0 Å². The third-order valence-electron chi connectivity index (χ3n) is 4.93. The van der Waals surface area contributed by atoms with E-state index < -0.39 is 0 Å². The molecule has 1 atom stereocenters. The molecule has 6 nitrogen and oxygen atoms in total. The van der Waals surface area contributed by atoms with E-state index in [1.165, 1.54) is 12.0 Å². The van der Waals surface area contributed by atoms with Crippen LogP contribution in [0.1, 0.15) is 44.6 Å². The average molecular weight is 360 g/mol. The number of aliphatic imine (C=N–C) groups is 1. The Bertz CT molecular complexity index is 598. The van der Waals surface area contributed by atoms with Crippen LogP contribution < -0.4 is 16.0 Å². The van der Waals surface area contributed by atoms with Crippen LogP contribution >= 0.6 is 0 Å². The molecule has 0 fully saturated rings. The minimum absolute atomic E-state index is 0.0786. The number of nitrogens with zero attached hydrogens (tertiary/aromatic N) is 2. The maximum absolute atomic E-state index is 11.9. The molecule has 1 aliphatic heterocycles. The highest BCUT2D eigenvalue weighted by Crippen LogP contribution is 2.31. The largest absolute Gasteiger partial charge is 0.356 e. The number of hydrogen-bond acceptors (Lipinski definition) is 3. The lowest BCUT2D eigenvalue weighted by atomic mass is 9.90. The molecular formula is C20H33N5O. The molecule has 144 valence electrons. The van der Waals surface area contributed by atoms with Crippen molar-refractivity contribution in [3.63, 3.8) is 0 Å². The first-order valence-electron chi connectivity index (χ1n) is 9.73. The van der Waals surface area contributed by atoms with E-state index in [1.54, 1.807) is 7.05 Å². The van der Waals surface area contributed by atoms with Crippen LogP contribution in [0, 0.1) is 0 Å². The molecule has 0 saturated heterocycles. The Morgan fingerprint density at radius 2 is 2.00 bits per heavy atom. The van der Waals surface area contributed by atoms with Crippen molar-refractivity contribution in [2.75, 3.05) is 45.1 Å². The molecule has 1 unspecified atom stereocenters. The van der Waals surface area contributed by atoms with Gasteiger partial charge >= 0.3 is 0 Å². The number of para-hydroxylation sites is 1. The van der Waals surface area contributed by atoms with Crippen LogP contribution in [0.4, 0.5) is 5.69 Å². The number of benzene rings is 1. The Labute approximate surface area is 157 Å². The standard InChI is InChI=1S/C20H33N5O/c1-4-25(5-2)13-9-8-12-22-20(21-3)23-15-16-14-19(26)24-18-11-7-6-10-17(16)18/h6-7,10-11,16H,4-5,8-9,12-15H2,1-3H3,(H,24,26)(H2,21,22,23). The summed E-state index contributed by atoms with van der Waals surface area (Å²) in [5, 5.41) is 9.69. The van der Waals surface area contributed by atoms with E-state index in [-0.39, 0.29) is 11.8 Å². The van der Waals surface area contributed by atoms with E-state index in [9.17, 15) is 4.79 Å². The molecule has 0 aliphatic carbocycles. The maximum Gasteiger partial charge on any atom is 0.225 e. The summed E-state index contributed by atoms with van der Waals surface area (Å²) in [5.41, 5.74) is 2.11. The Balaban J connectivity index is 1.75. The number of guanidine groups is 1. The minimum Gasteiger partial charge on any atom is -0.356 e. The van der Waals surface area contributed by atoms with Crippen molar-refractivity contribution < 1.29 is 4.79 Å². The smallest absolute Gasteiger partial charge is 0.225 e. The molecule has 0 aromatic heterocycles. The van der Waals surface area contributed by atoms with Crippen molar-refractivity contribution in [1.82, 2.24) is 15.5 Å². The first-order chi connectivity index (χ1) is 12.7. The molecule has 26 heavy (non-hydrogen) atoms. The van der Waals surface area contributed by atoms with Crippen molar-refractivity contribution >= 4 is 17.6 Å². The minimum atomic E-state index is 0.0786. The van der Waals surface area contributed by atoms with E-state index in [1.807, 2.05) is 18.2 Å². The van der Waals surface area contributed by atoms with E-state index in [2.05, 4.69) is 45.8 Å². The molecule has 1 aliphatic rings. The molecular weight excluding hydrogens is 326 g/mol. The molecule has 0 saturated carbocycles. The van der Waals surface area contributed by atoms with Gasteiger partial charge in [0.2, 0.25) is 5.91 Å². The highest BCUT2D eigenvalue weighted by atomic mass is 16.1. The molecule has 1 aromatic carbocycles. The lowest BCUT2D eigenvalue weighted by Gasteiger charge is -2.26. The van der Waals surface area contributed by atoms with Crippen molar-refractivity contribution in [3.8, 4) is 0 Å².